The number of hydrogen-bond acceptors (Lipinski definition) is 4. The summed E-state index contributed by atoms with van der Waals surface area (Å²) in [6, 6.07) is 5.29. The van der Waals surface area contributed by atoms with Crippen molar-refractivity contribution in [2.24, 2.45) is 0 Å². The molecule has 34 heavy (non-hydrogen) atoms. The standard InChI is InChI=1S/C26H24ClF2N3O2/c1-4-15(2)12-17-14-30-25-18(26(17)32-10-8-31(9-11-32)16(3)33)13-19(27)22(24(25)29)23-20(28)6-5-7-21(23)34/h4-7,13-14,34H,1-2,8-12H2,3H3. The molecule has 1 aliphatic heterocycles. The second-order valence-corrected chi connectivity index (χ2v) is 8.65. The zero-order valence-electron chi connectivity index (χ0n) is 18.7. The first kappa shape index (κ1) is 23.7. The fourth-order valence-electron chi connectivity index (χ4n) is 4.35. The summed E-state index contributed by atoms with van der Waals surface area (Å²) in [5.74, 6) is -2.03. The van der Waals surface area contributed by atoms with Crippen LogP contribution in [-0.4, -0.2) is 47.1 Å². The summed E-state index contributed by atoms with van der Waals surface area (Å²) >= 11 is 6.50. The van der Waals surface area contributed by atoms with E-state index in [-0.39, 0.29) is 27.6 Å². The lowest BCUT2D eigenvalue weighted by atomic mass is 9.97. The summed E-state index contributed by atoms with van der Waals surface area (Å²) in [5.41, 5.74) is 1.78. The SMILES string of the molecule is C=CC(=C)Cc1cnc2c(F)c(-c3c(O)cccc3F)c(Cl)cc2c1N1CCN(C(C)=O)CC1. The summed E-state index contributed by atoms with van der Waals surface area (Å²) in [6.07, 6.45) is 3.68. The van der Waals surface area contributed by atoms with Gasteiger partial charge in [-0.1, -0.05) is 42.5 Å². The quantitative estimate of drug-likeness (QED) is 0.487. The topological polar surface area (TPSA) is 56.7 Å². The molecule has 1 aliphatic rings. The van der Waals surface area contributed by atoms with Gasteiger partial charge in [-0.15, -0.1) is 0 Å². The first-order chi connectivity index (χ1) is 16.2. The number of carbonyl (C=O) groups excluding carboxylic acids is 1. The van der Waals surface area contributed by atoms with Crippen LogP contribution in [0.1, 0.15) is 12.5 Å². The van der Waals surface area contributed by atoms with E-state index in [0.29, 0.717) is 38.0 Å². The monoisotopic (exact) mass is 483 g/mol. The molecule has 1 fully saturated rings. The van der Waals surface area contributed by atoms with Crippen LogP contribution >= 0.6 is 11.6 Å². The van der Waals surface area contributed by atoms with E-state index in [0.717, 1.165) is 22.9 Å². The number of fused-ring (bicyclic) bond motifs is 1. The van der Waals surface area contributed by atoms with Gasteiger partial charge >= 0.3 is 0 Å². The van der Waals surface area contributed by atoms with E-state index in [1.54, 1.807) is 23.2 Å². The number of amides is 1. The van der Waals surface area contributed by atoms with E-state index in [1.165, 1.54) is 19.1 Å². The van der Waals surface area contributed by atoms with E-state index in [4.69, 9.17) is 11.6 Å². The molecule has 0 unspecified atom stereocenters. The maximum absolute atomic E-state index is 15.8. The highest BCUT2D eigenvalue weighted by atomic mass is 35.5. The molecule has 1 amide bonds. The predicted molar refractivity (Wildman–Crippen MR) is 131 cm³/mol. The molecule has 4 rings (SSSR count). The lowest BCUT2D eigenvalue weighted by Gasteiger charge is -2.37. The fourth-order valence-corrected chi connectivity index (χ4v) is 4.63. The minimum absolute atomic E-state index is 0.00270. The fraction of sp³-hybridized carbons (Fsp3) is 0.231. The van der Waals surface area contributed by atoms with Gasteiger partial charge in [0.2, 0.25) is 5.91 Å². The number of carbonyl (C=O) groups is 1. The van der Waals surface area contributed by atoms with E-state index in [1.807, 2.05) is 0 Å². The number of anilines is 1. The van der Waals surface area contributed by atoms with E-state index >= 15 is 4.39 Å². The number of benzene rings is 2. The third-order valence-electron chi connectivity index (χ3n) is 6.09. The van der Waals surface area contributed by atoms with Gasteiger partial charge in [0.1, 0.15) is 17.1 Å². The third kappa shape index (κ3) is 4.23. The highest BCUT2D eigenvalue weighted by Gasteiger charge is 2.27. The Kier molecular flexibility index (Phi) is 6.57. The molecule has 5 nitrogen and oxygen atoms in total. The molecule has 3 aromatic rings. The number of aromatic nitrogens is 1. The van der Waals surface area contributed by atoms with Crippen molar-refractivity contribution in [2.45, 2.75) is 13.3 Å². The second kappa shape index (κ2) is 9.43. The maximum Gasteiger partial charge on any atom is 0.219 e. The first-order valence-electron chi connectivity index (χ1n) is 10.8. The largest absolute Gasteiger partial charge is 0.507 e. The van der Waals surface area contributed by atoms with Crippen molar-refractivity contribution >= 4 is 34.1 Å². The van der Waals surface area contributed by atoms with Gasteiger partial charge in [0.25, 0.3) is 0 Å². The van der Waals surface area contributed by atoms with Crippen LogP contribution in [-0.2, 0) is 11.2 Å². The Morgan fingerprint density at radius 2 is 1.94 bits per heavy atom. The summed E-state index contributed by atoms with van der Waals surface area (Å²) in [6.45, 7) is 11.4. The van der Waals surface area contributed by atoms with Crippen LogP contribution in [0.25, 0.3) is 22.0 Å². The minimum atomic E-state index is -0.819. The Balaban J connectivity index is 1.92. The van der Waals surface area contributed by atoms with Crippen molar-refractivity contribution in [2.75, 3.05) is 31.1 Å². The molecule has 0 saturated carbocycles. The van der Waals surface area contributed by atoms with Crippen LogP contribution in [0.4, 0.5) is 14.5 Å². The van der Waals surface area contributed by atoms with Crippen LogP contribution in [0.5, 0.6) is 5.75 Å². The number of allylic oxidation sites excluding steroid dienone is 2. The van der Waals surface area contributed by atoms with Crippen LogP contribution < -0.4 is 4.90 Å². The van der Waals surface area contributed by atoms with Gasteiger partial charge in [-0.2, -0.15) is 0 Å². The smallest absolute Gasteiger partial charge is 0.219 e. The Bertz CT molecular complexity index is 1300. The Hall–Kier alpha value is -3.45. The summed E-state index contributed by atoms with van der Waals surface area (Å²) < 4.78 is 30.4. The number of piperazine rings is 1. The molecule has 0 radical (unpaired) electrons. The normalized spacial score (nSPS) is 13.9. The number of rotatable bonds is 5. The molecule has 176 valence electrons. The van der Waals surface area contributed by atoms with Crippen molar-refractivity contribution < 1.29 is 18.7 Å². The van der Waals surface area contributed by atoms with Gasteiger partial charge in [0.15, 0.2) is 5.82 Å². The summed E-state index contributed by atoms with van der Waals surface area (Å²) in [5, 5.41) is 10.6. The number of pyridine rings is 1. The van der Waals surface area contributed by atoms with Crippen molar-refractivity contribution in [3.8, 4) is 16.9 Å². The minimum Gasteiger partial charge on any atom is -0.507 e. The second-order valence-electron chi connectivity index (χ2n) is 8.24. The molecule has 1 aromatic heterocycles. The van der Waals surface area contributed by atoms with Crippen molar-refractivity contribution in [3.05, 3.63) is 77.5 Å². The van der Waals surface area contributed by atoms with Gasteiger partial charge in [-0.05, 0) is 23.8 Å². The molecule has 0 bridgehead atoms. The van der Waals surface area contributed by atoms with E-state index in [9.17, 15) is 14.3 Å². The zero-order chi connectivity index (χ0) is 24.6. The maximum atomic E-state index is 15.8. The molecular formula is C26H24ClF2N3O2. The molecular weight excluding hydrogens is 460 g/mol. The molecule has 1 N–H and O–H groups in total. The van der Waals surface area contributed by atoms with Gasteiger partial charge in [0, 0.05) is 56.7 Å². The van der Waals surface area contributed by atoms with Crippen molar-refractivity contribution in [1.29, 1.82) is 0 Å². The van der Waals surface area contributed by atoms with Crippen molar-refractivity contribution in [3.63, 3.8) is 0 Å². The zero-order valence-corrected chi connectivity index (χ0v) is 19.5. The number of phenols is 1. The molecule has 8 heteroatoms. The Morgan fingerprint density at radius 1 is 1.24 bits per heavy atom. The van der Waals surface area contributed by atoms with E-state index < -0.39 is 17.4 Å². The highest BCUT2D eigenvalue weighted by molar-refractivity contribution is 6.34. The molecule has 0 atom stereocenters. The molecule has 1 saturated heterocycles. The molecule has 2 aromatic carbocycles. The summed E-state index contributed by atoms with van der Waals surface area (Å²) in [7, 11) is 0. The molecule has 0 spiro atoms. The van der Waals surface area contributed by atoms with E-state index in [2.05, 4.69) is 23.0 Å². The number of hydrogen-bond donors (Lipinski definition) is 1. The average Bonchev–Trinajstić information content (AvgIpc) is 2.80. The first-order valence-corrected chi connectivity index (χ1v) is 11.2. The third-order valence-corrected chi connectivity index (χ3v) is 6.39. The Morgan fingerprint density at radius 3 is 2.56 bits per heavy atom. The number of aromatic hydroxyl groups is 1. The predicted octanol–water partition coefficient (Wildman–Crippen LogP) is 5.49. The molecule has 2 heterocycles. The van der Waals surface area contributed by atoms with Crippen LogP contribution in [0, 0.1) is 11.6 Å². The lowest BCUT2D eigenvalue weighted by Crippen LogP contribution is -2.48. The van der Waals surface area contributed by atoms with Crippen LogP contribution in [0.2, 0.25) is 5.02 Å². The van der Waals surface area contributed by atoms with Gasteiger partial charge in [-0.25, -0.2) is 8.78 Å². The summed E-state index contributed by atoms with van der Waals surface area (Å²) in [4.78, 5) is 20.0. The Labute approximate surface area is 201 Å². The average molecular weight is 484 g/mol. The highest BCUT2D eigenvalue weighted by Crippen LogP contribution is 2.43. The van der Waals surface area contributed by atoms with Crippen molar-refractivity contribution in [1.82, 2.24) is 9.88 Å². The van der Waals surface area contributed by atoms with Gasteiger partial charge in [-0.3, -0.25) is 9.78 Å². The van der Waals surface area contributed by atoms with Crippen LogP contribution in [0.15, 0.2) is 55.3 Å². The molecule has 0 aliphatic carbocycles. The number of phenolic OH excluding ortho intramolecular Hbond substituents is 1. The number of nitrogens with zero attached hydrogens (tertiary/aromatic N) is 3. The van der Waals surface area contributed by atoms with Crippen LogP contribution in [0.3, 0.4) is 0 Å². The lowest BCUT2D eigenvalue weighted by molar-refractivity contribution is -0.129. The number of halogens is 3. The van der Waals surface area contributed by atoms with Gasteiger partial charge < -0.3 is 14.9 Å². The van der Waals surface area contributed by atoms with Gasteiger partial charge in [0.05, 0.1) is 16.3 Å².